The molecule has 0 spiro atoms. The van der Waals surface area contributed by atoms with Crippen molar-refractivity contribution in [2.24, 2.45) is 0 Å². The van der Waals surface area contributed by atoms with Crippen LogP contribution in [0.1, 0.15) is 84.2 Å². The second-order valence-electron chi connectivity index (χ2n) is 8.80. The number of hydrogen-bond acceptors (Lipinski definition) is 2. The lowest BCUT2D eigenvalue weighted by atomic mass is 10.1. The summed E-state index contributed by atoms with van der Waals surface area (Å²) in [5, 5.41) is 5.93. The van der Waals surface area contributed by atoms with Crippen molar-refractivity contribution in [1.29, 1.82) is 0 Å². The van der Waals surface area contributed by atoms with Gasteiger partial charge in [0.2, 0.25) is 0 Å². The van der Waals surface area contributed by atoms with Gasteiger partial charge >= 0.3 is 0 Å². The molecule has 0 heterocycles. The van der Waals surface area contributed by atoms with Gasteiger partial charge in [-0.25, -0.2) is 0 Å². The van der Waals surface area contributed by atoms with Crippen LogP contribution in [0.5, 0.6) is 0 Å². The monoisotopic (exact) mass is 456 g/mol. The summed E-state index contributed by atoms with van der Waals surface area (Å²) in [5.41, 5.74) is 4.89. The summed E-state index contributed by atoms with van der Waals surface area (Å²) in [6.45, 7) is 4.38. The zero-order chi connectivity index (χ0) is 24.2. The van der Waals surface area contributed by atoms with E-state index in [0.717, 1.165) is 37.1 Å². The number of rotatable bonds is 12. The number of unbranched alkanes of at least 4 members (excludes halogenated alkanes) is 4. The zero-order valence-corrected chi connectivity index (χ0v) is 20.4. The highest BCUT2D eigenvalue weighted by Crippen LogP contribution is 2.17. The van der Waals surface area contributed by atoms with E-state index >= 15 is 0 Å². The molecule has 0 atom stereocenters. The van der Waals surface area contributed by atoms with E-state index in [1.807, 2.05) is 36.4 Å². The van der Waals surface area contributed by atoms with Crippen LogP contribution in [0.4, 0.5) is 11.4 Å². The van der Waals surface area contributed by atoms with Gasteiger partial charge in [-0.2, -0.15) is 0 Å². The molecule has 0 aromatic heterocycles. The average molecular weight is 457 g/mol. The number of amides is 2. The van der Waals surface area contributed by atoms with Crippen LogP contribution in [-0.2, 0) is 12.8 Å². The minimum atomic E-state index is -0.224. The Hall–Kier alpha value is -3.40. The molecule has 4 heteroatoms. The number of carbonyl (C=O) groups is 2. The molecule has 0 unspecified atom stereocenters. The Balaban J connectivity index is 1.63. The van der Waals surface area contributed by atoms with Crippen LogP contribution >= 0.6 is 0 Å². The normalized spacial score (nSPS) is 10.6. The molecular formula is C30H36N2O2. The Morgan fingerprint density at radius 1 is 0.588 bits per heavy atom. The second kappa shape index (κ2) is 13.3. The molecular weight excluding hydrogens is 420 g/mol. The van der Waals surface area contributed by atoms with E-state index in [0.29, 0.717) is 11.1 Å². The van der Waals surface area contributed by atoms with Gasteiger partial charge in [-0.3, -0.25) is 9.59 Å². The number of benzene rings is 3. The van der Waals surface area contributed by atoms with Crippen molar-refractivity contribution < 1.29 is 9.59 Å². The number of hydrogen-bond donors (Lipinski definition) is 2. The smallest absolute Gasteiger partial charge is 0.255 e. The van der Waals surface area contributed by atoms with Crippen molar-refractivity contribution in [3.05, 3.63) is 95.1 Å². The molecule has 2 amide bonds. The van der Waals surface area contributed by atoms with Crippen molar-refractivity contribution in [2.45, 2.75) is 65.2 Å². The van der Waals surface area contributed by atoms with Crippen LogP contribution in [-0.4, -0.2) is 11.8 Å². The molecule has 3 aromatic carbocycles. The van der Waals surface area contributed by atoms with Crippen LogP contribution in [0.3, 0.4) is 0 Å². The topological polar surface area (TPSA) is 58.2 Å². The summed E-state index contributed by atoms with van der Waals surface area (Å²) in [4.78, 5) is 25.7. The van der Waals surface area contributed by atoms with E-state index in [2.05, 4.69) is 36.6 Å². The fraction of sp³-hybridized carbons (Fsp3) is 0.333. The van der Waals surface area contributed by atoms with E-state index in [9.17, 15) is 9.59 Å². The summed E-state index contributed by atoms with van der Waals surface area (Å²) in [7, 11) is 0. The van der Waals surface area contributed by atoms with Crippen LogP contribution < -0.4 is 10.6 Å². The van der Waals surface area contributed by atoms with Crippen LogP contribution in [0.2, 0.25) is 0 Å². The summed E-state index contributed by atoms with van der Waals surface area (Å²) < 4.78 is 0. The first kappa shape index (κ1) is 25.2. The lowest BCUT2D eigenvalue weighted by Crippen LogP contribution is -2.15. The van der Waals surface area contributed by atoms with Crippen molar-refractivity contribution in [2.75, 3.05) is 10.6 Å². The molecule has 0 radical (unpaired) electrons. The van der Waals surface area contributed by atoms with Gasteiger partial charge in [-0.15, -0.1) is 0 Å². The first-order valence-electron chi connectivity index (χ1n) is 12.5. The van der Waals surface area contributed by atoms with E-state index in [1.165, 1.54) is 36.8 Å². The van der Waals surface area contributed by atoms with Crippen LogP contribution in [0, 0.1) is 0 Å². The Bertz CT molecular complexity index is 1010. The van der Waals surface area contributed by atoms with E-state index in [4.69, 9.17) is 0 Å². The molecule has 3 aromatic rings. The van der Waals surface area contributed by atoms with Gasteiger partial charge in [0.15, 0.2) is 0 Å². The Kier molecular flexibility index (Phi) is 9.90. The summed E-state index contributed by atoms with van der Waals surface area (Å²) in [6.07, 6.45) is 9.08. The molecule has 3 rings (SSSR count). The van der Waals surface area contributed by atoms with Gasteiger partial charge in [-0.1, -0.05) is 69.9 Å². The largest absolute Gasteiger partial charge is 0.322 e. The molecule has 0 aliphatic heterocycles. The van der Waals surface area contributed by atoms with Crippen molar-refractivity contribution >= 4 is 23.2 Å². The maximum absolute atomic E-state index is 12.8. The van der Waals surface area contributed by atoms with Crippen molar-refractivity contribution in [3.63, 3.8) is 0 Å². The maximum Gasteiger partial charge on any atom is 0.255 e. The number of anilines is 2. The molecule has 0 bridgehead atoms. The summed E-state index contributed by atoms with van der Waals surface area (Å²) in [6, 6.07) is 22.8. The van der Waals surface area contributed by atoms with E-state index < -0.39 is 0 Å². The first-order chi connectivity index (χ1) is 16.6. The predicted octanol–water partition coefficient (Wildman–Crippen LogP) is 7.66. The highest BCUT2D eigenvalue weighted by atomic mass is 16.2. The lowest BCUT2D eigenvalue weighted by molar-refractivity contribution is 0.102. The van der Waals surface area contributed by atoms with Crippen molar-refractivity contribution in [1.82, 2.24) is 0 Å². The molecule has 0 saturated heterocycles. The van der Waals surface area contributed by atoms with Crippen molar-refractivity contribution in [3.8, 4) is 0 Å². The van der Waals surface area contributed by atoms with Crippen LogP contribution in [0.25, 0.3) is 0 Å². The Morgan fingerprint density at radius 3 is 1.47 bits per heavy atom. The molecule has 178 valence electrons. The molecule has 0 saturated carbocycles. The molecule has 0 aliphatic rings. The molecule has 0 aliphatic carbocycles. The van der Waals surface area contributed by atoms with Gasteiger partial charge in [0, 0.05) is 22.5 Å². The number of aryl methyl sites for hydroxylation is 2. The minimum Gasteiger partial charge on any atom is -0.322 e. The number of nitrogens with one attached hydrogen (secondary N) is 2. The highest BCUT2D eigenvalue weighted by Gasteiger charge is 2.12. The zero-order valence-electron chi connectivity index (χ0n) is 20.4. The lowest BCUT2D eigenvalue weighted by Gasteiger charge is -2.10. The fourth-order valence-electron chi connectivity index (χ4n) is 3.98. The van der Waals surface area contributed by atoms with E-state index in [1.54, 1.807) is 24.3 Å². The van der Waals surface area contributed by atoms with E-state index in [-0.39, 0.29) is 11.8 Å². The number of carbonyl (C=O) groups excluding carboxylic acids is 2. The third-order valence-electron chi connectivity index (χ3n) is 5.89. The third kappa shape index (κ3) is 7.87. The molecule has 0 fully saturated rings. The van der Waals surface area contributed by atoms with Gasteiger partial charge in [0.1, 0.15) is 0 Å². The second-order valence-corrected chi connectivity index (χ2v) is 8.80. The Morgan fingerprint density at radius 2 is 1.03 bits per heavy atom. The van der Waals surface area contributed by atoms with Crippen LogP contribution in [0.15, 0.2) is 72.8 Å². The predicted molar refractivity (Wildman–Crippen MR) is 142 cm³/mol. The van der Waals surface area contributed by atoms with Gasteiger partial charge in [-0.05, 0) is 79.3 Å². The third-order valence-corrected chi connectivity index (χ3v) is 5.89. The fourth-order valence-corrected chi connectivity index (χ4v) is 3.98. The average Bonchev–Trinajstić information content (AvgIpc) is 2.85. The molecule has 2 N–H and O–H groups in total. The quantitative estimate of drug-likeness (QED) is 0.275. The maximum atomic E-state index is 12.8. The molecule has 34 heavy (non-hydrogen) atoms. The summed E-state index contributed by atoms with van der Waals surface area (Å²) in [5.74, 6) is -0.448. The van der Waals surface area contributed by atoms with Gasteiger partial charge in [0.05, 0.1) is 0 Å². The highest BCUT2D eigenvalue weighted by molar-refractivity contribution is 6.08. The SMILES string of the molecule is CCCCCc1cccc(NC(=O)c2cccc(C(=O)Nc3cccc(CCCCC)c3)c2)c1. The summed E-state index contributed by atoms with van der Waals surface area (Å²) >= 11 is 0. The molecule has 4 nitrogen and oxygen atoms in total. The van der Waals surface area contributed by atoms with Gasteiger partial charge in [0.25, 0.3) is 11.8 Å². The minimum absolute atomic E-state index is 0.224. The first-order valence-corrected chi connectivity index (χ1v) is 12.5. The Labute approximate surface area is 203 Å². The van der Waals surface area contributed by atoms with Gasteiger partial charge < -0.3 is 10.6 Å². The standard InChI is InChI=1S/C30H36N2O2/c1-3-5-7-12-23-14-9-18-27(20-23)31-29(33)25-16-11-17-26(22-25)30(34)32-28-19-10-15-24(21-28)13-8-6-4-2/h9-11,14-22H,3-8,12-13H2,1-2H3,(H,31,33)(H,32,34).